The minimum Gasteiger partial charge on any atom is -0.460 e. The van der Waals surface area contributed by atoms with E-state index in [1.807, 2.05) is 12.1 Å². The fourth-order valence-corrected chi connectivity index (χ4v) is 10.4. The van der Waals surface area contributed by atoms with Crippen molar-refractivity contribution in [2.45, 2.75) is 25.3 Å². The van der Waals surface area contributed by atoms with Gasteiger partial charge in [-0.15, -0.1) is 12.1 Å². The first-order valence-corrected chi connectivity index (χ1v) is 19.7. The van der Waals surface area contributed by atoms with Crippen molar-refractivity contribution >= 4 is 41.3 Å². The van der Waals surface area contributed by atoms with Gasteiger partial charge in [0.2, 0.25) is 0 Å². The van der Waals surface area contributed by atoms with Gasteiger partial charge in [0, 0.05) is 33.9 Å². The first-order valence-electron chi connectivity index (χ1n) is 17.7. The number of hydrogen-bond donors (Lipinski definition) is 0. The van der Waals surface area contributed by atoms with Crippen LogP contribution in [0, 0.1) is 43.2 Å². The second kappa shape index (κ2) is 13.0. The van der Waals surface area contributed by atoms with E-state index in [1.54, 1.807) is 0 Å². The molecule has 1 unspecified atom stereocenters. The van der Waals surface area contributed by atoms with E-state index in [0.29, 0.717) is 0 Å². The Hall–Kier alpha value is -4.85. The van der Waals surface area contributed by atoms with E-state index in [2.05, 4.69) is 176 Å². The van der Waals surface area contributed by atoms with Crippen molar-refractivity contribution in [3.63, 3.8) is 0 Å². The maximum atomic E-state index is 6.58. The molecule has 2 nitrogen and oxygen atoms in total. The average Bonchev–Trinajstić information content (AvgIpc) is 3.64. The summed E-state index contributed by atoms with van der Waals surface area (Å²) in [5.41, 5.74) is 11.6. The zero-order valence-corrected chi connectivity index (χ0v) is 34.2. The van der Waals surface area contributed by atoms with Crippen molar-refractivity contribution in [3.05, 3.63) is 187 Å². The maximum absolute atomic E-state index is 6.58. The van der Waals surface area contributed by atoms with Crippen LogP contribution in [0.1, 0.15) is 18.9 Å². The monoisotopic (exact) mass is 906 g/mol. The Bertz CT molecular complexity index is 2590. The minimum atomic E-state index is -0.997. The molecule has 7 aromatic rings. The van der Waals surface area contributed by atoms with Gasteiger partial charge in [0.25, 0.3) is 0 Å². The van der Waals surface area contributed by atoms with Gasteiger partial charge in [-0.1, -0.05) is 90.5 Å². The molecule has 7 aromatic carbocycles. The second-order valence-corrected chi connectivity index (χ2v) is 16.3. The van der Waals surface area contributed by atoms with Crippen LogP contribution in [-0.2, 0) is 5.41 Å². The van der Waals surface area contributed by atoms with Gasteiger partial charge in [0.15, 0.2) is 0 Å². The number of allylic oxidation sites excluding steroid dienone is 3. The van der Waals surface area contributed by atoms with E-state index in [1.165, 1.54) is 49.0 Å². The molecule has 4 heteroatoms. The van der Waals surface area contributed by atoms with E-state index in [4.69, 9.17) is 4.74 Å². The SMILES string of the molecule is C[Si+]1c2ccc(-c3[c-]cccc3)[c-]c2-c2ccc(N(C3=CCC4(C)C(=C3)Oc3ccccc34)c3cccc(-c4cccc5ccccc45)c3)cc21.[U+2]. The summed E-state index contributed by atoms with van der Waals surface area (Å²) in [5.74, 6) is 1.97. The third-order valence-electron chi connectivity index (χ3n) is 11.0. The summed E-state index contributed by atoms with van der Waals surface area (Å²) < 4.78 is 6.58. The van der Waals surface area contributed by atoms with Crippen LogP contribution in [0.3, 0.4) is 0 Å². The number of rotatable bonds is 5. The molecule has 3 aliphatic rings. The molecule has 1 atom stereocenters. The van der Waals surface area contributed by atoms with Crippen molar-refractivity contribution < 1.29 is 35.9 Å². The summed E-state index contributed by atoms with van der Waals surface area (Å²) in [6, 6.07) is 59.7. The van der Waals surface area contributed by atoms with Crippen LogP contribution in [-0.4, -0.2) is 8.80 Å². The molecule has 0 amide bonds. The Balaban J connectivity index is 0.00000360. The number of ether oxygens (including phenoxy) is 1. The number of fused-ring (bicyclic) bond motifs is 7. The largest absolute Gasteiger partial charge is 2.00 e. The number of anilines is 2. The summed E-state index contributed by atoms with van der Waals surface area (Å²) in [5, 5.41) is 5.35. The zero-order chi connectivity index (χ0) is 34.1. The molecule has 0 radical (unpaired) electrons. The molecule has 0 saturated carbocycles. The summed E-state index contributed by atoms with van der Waals surface area (Å²) in [4.78, 5) is 2.43. The Morgan fingerprint density at radius 1 is 0.712 bits per heavy atom. The number of para-hydroxylation sites is 1. The van der Waals surface area contributed by atoms with Crippen LogP contribution in [0.2, 0.25) is 6.55 Å². The van der Waals surface area contributed by atoms with Crippen LogP contribution >= 0.6 is 0 Å². The van der Waals surface area contributed by atoms with Crippen molar-refractivity contribution in [2.24, 2.45) is 0 Å². The van der Waals surface area contributed by atoms with Gasteiger partial charge >= 0.3 is 39.9 Å². The van der Waals surface area contributed by atoms with E-state index in [0.717, 1.165) is 46.1 Å². The fourth-order valence-electron chi connectivity index (χ4n) is 8.25. The summed E-state index contributed by atoms with van der Waals surface area (Å²) in [6.45, 7) is 4.73. The summed E-state index contributed by atoms with van der Waals surface area (Å²) >= 11 is 0. The Morgan fingerprint density at radius 3 is 2.42 bits per heavy atom. The molecule has 10 rings (SSSR count). The third kappa shape index (κ3) is 5.28. The van der Waals surface area contributed by atoms with Gasteiger partial charge < -0.3 is 9.64 Å². The third-order valence-corrected chi connectivity index (χ3v) is 13.4. The van der Waals surface area contributed by atoms with E-state index in [9.17, 15) is 0 Å². The van der Waals surface area contributed by atoms with Gasteiger partial charge in [0.05, 0.1) is 17.1 Å². The molecule has 244 valence electrons. The Morgan fingerprint density at radius 2 is 1.52 bits per heavy atom. The molecule has 0 fully saturated rings. The second-order valence-electron chi connectivity index (χ2n) is 14.0. The molecular formula is C48H34NOSiU+. The smallest absolute Gasteiger partial charge is 0.460 e. The molecule has 2 aliphatic heterocycles. The van der Waals surface area contributed by atoms with Gasteiger partial charge in [-0.2, -0.15) is 42.0 Å². The molecule has 2 heterocycles. The van der Waals surface area contributed by atoms with Gasteiger partial charge in [-0.05, 0) is 71.1 Å². The Kier molecular flexibility index (Phi) is 8.24. The van der Waals surface area contributed by atoms with Crippen LogP contribution in [0.15, 0.2) is 169 Å². The minimum absolute atomic E-state index is 0. The molecule has 0 spiro atoms. The van der Waals surface area contributed by atoms with E-state index < -0.39 is 8.80 Å². The summed E-state index contributed by atoms with van der Waals surface area (Å²) in [7, 11) is -0.997. The predicted octanol–water partition coefficient (Wildman–Crippen LogP) is 10.7. The summed E-state index contributed by atoms with van der Waals surface area (Å²) in [6.07, 6.45) is 5.53. The molecule has 0 aromatic heterocycles. The standard InChI is InChI=1S/C48H34NOSi.U/c1-48-27-26-38(31-47(48)50-44-21-9-8-20-43(44)48)49(36-17-10-16-35(28-36)40-19-11-15-33-14-6-7-18-39(33)40)37-23-24-41-42-29-34(32-12-4-3-5-13-32)22-25-45(42)51(2)46(41)30-37;/h3-12,14-26,28,30-31H,27H2,1-2H3;/q-1;+2. The van der Waals surface area contributed by atoms with Crippen LogP contribution in [0.5, 0.6) is 5.75 Å². The zero-order valence-electron chi connectivity index (χ0n) is 29.1. The van der Waals surface area contributed by atoms with Crippen molar-refractivity contribution in [3.8, 4) is 39.1 Å². The molecule has 0 bridgehead atoms. The first-order chi connectivity index (χ1) is 25.0. The molecule has 1 aliphatic carbocycles. The first kappa shape index (κ1) is 33.0. The van der Waals surface area contributed by atoms with Crippen molar-refractivity contribution in [2.75, 3.05) is 4.90 Å². The predicted molar refractivity (Wildman–Crippen MR) is 213 cm³/mol. The van der Waals surface area contributed by atoms with Crippen molar-refractivity contribution in [1.82, 2.24) is 0 Å². The molecule has 52 heavy (non-hydrogen) atoms. The number of nitrogens with zero attached hydrogens (tertiary/aromatic N) is 1. The number of hydrogen-bond acceptors (Lipinski definition) is 2. The van der Waals surface area contributed by atoms with E-state index in [-0.39, 0.29) is 36.5 Å². The quantitative estimate of drug-likeness (QED) is 0.126. The van der Waals surface area contributed by atoms with Crippen LogP contribution in [0.4, 0.5) is 11.4 Å². The van der Waals surface area contributed by atoms with Gasteiger partial charge in [-0.25, -0.2) is 5.56 Å². The maximum Gasteiger partial charge on any atom is 2.00 e. The van der Waals surface area contributed by atoms with E-state index >= 15 is 0 Å². The van der Waals surface area contributed by atoms with Crippen molar-refractivity contribution in [1.29, 1.82) is 0 Å². The fraction of sp³-hybridized carbons (Fsp3) is 0.0833. The molecule has 0 N–H and O–H groups in total. The Labute approximate surface area is 331 Å². The average molecular weight is 907 g/mol. The number of benzene rings is 7. The normalized spacial score (nSPS) is 16.5. The van der Waals surface area contributed by atoms with Gasteiger partial charge in [0.1, 0.15) is 11.5 Å². The molecule has 0 saturated heterocycles. The van der Waals surface area contributed by atoms with Crippen LogP contribution in [0.25, 0.3) is 44.2 Å². The van der Waals surface area contributed by atoms with Crippen LogP contribution < -0.4 is 20.0 Å². The van der Waals surface area contributed by atoms with Gasteiger partial charge in [-0.3, -0.25) is 0 Å². The topological polar surface area (TPSA) is 12.5 Å². The molecular weight excluding hydrogens is 873 g/mol.